The summed E-state index contributed by atoms with van der Waals surface area (Å²) in [6, 6.07) is 0.587. The summed E-state index contributed by atoms with van der Waals surface area (Å²) in [6.07, 6.45) is 10.3. The first-order chi connectivity index (χ1) is 12.9. The molecule has 0 spiro atoms. The van der Waals surface area contributed by atoms with Crippen LogP contribution in [0.15, 0.2) is 0 Å². The highest BCUT2D eigenvalue weighted by Gasteiger charge is 2.24. The number of fused-ring (bicyclic) bond motifs is 3. The zero-order valence-electron chi connectivity index (χ0n) is 15.4. The Morgan fingerprint density at radius 1 is 1.04 bits per heavy atom. The summed E-state index contributed by atoms with van der Waals surface area (Å²) in [4.78, 5) is 15.2. The average Bonchev–Trinajstić information content (AvgIpc) is 3.29. The van der Waals surface area contributed by atoms with Crippen LogP contribution >= 0.6 is 11.3 Å². The Bertz CT molecular complexity index is 778. The van der Waals surface area contributed by atoms with E-state index in [-0.39, 0.29) is 0 Å². The van der Waals surface area contributed by atoms with E-state index in [1.807, 2.05) is 11.3 Å². The molecule has 0 bridgehead atoms. The second-order valence-electron chi connectivity index (χ2n) is 7.89. The maximum atomic E-state index is 5.48. The molecule has 0 unspecified atom stereocenters. The molecule has 2 aliphatic carbocycles. The molecule has 1 aliphatic heterocycles. The van der Waals surface area contributed by atoms with E-state index in [0.717, 1.165) is 44.5 Å². The lowest BCUT2D eigenvalue weighted by Gasteiger charge is -2.26. The van der Waals surface area contributed by atoms with Crippen LogP contribution in [0, 0.1) is 0 Å². The van der Waals surface area contributed by atoms with Gasteiger partial charge in [0.15, 0.2) is 0 Å². The maximum absolute atomic E-state index is 5.48. The Hall–Kier alpha value is -1.24. The number of nitrogens with one attached hydrogen (secondary N) is 1. The highest BCUT2D eigenvalue weighted by Crippen LogP contribution is 2.39. The topological polar surface area (TPSA) is 50.3 Å². The first-order valence-electron chi connectivity index (χ1n) is 10.2. The van der Waals surface area contributed by atoms with Crippen molar-refractivity contribution in [3.8, 4) is 0 Å². The molecule has 2 aromatic heterocycles. The summed E-state index contributed by atoms with van der Waals surface area (Å²) < 4.78 is 5.48. The van der Waals surface area contributed by atoms with E-state index < -0.39 is 0 Å². The van der Waals surface area contributed by atoms with Gasteiger partial charge < -0.3 is 10.1 Å². The number of thiophene rings is 1. The van der Waals surface area contributed by atoms with Crippen molar-refractivity contribution in [3.63, 3.8) is 0 Å². The normalized spacial score (nSPS) is 22.0. The van der Waals surface area contributed by atoms with E-state index in [0.29, 0.717) is 6.04 Å². The van der Waals surface area contributed by atoms with Crippen LogP contribution in [0.25, 0.3) is 10.2 Å². The number of hydrogen-bond acceptors (Lipinski definition) is 6. The summed E-state index contributed by atoms with van der Waals surface area (Å²) >= 11 is 1.91. The fourth-order valence-corrected chi connectivity index (χ4v) is 5.88. The van der Waals surface area contributed by atoms with Crippen molar-refractivity contribution in [1.82, 2.24) is 14.9 Å². The molecule has 1 saturated carbocycles. The first-order valence-corrected chi connectivity index (χ1v) is 11.1. The molecular formula is C20H28N4OS. The molecule has 3 aliphatic rings. The third-order valence-electron chi connectivity index (χ3n) is 6.03. The molecule has 2 aromatic rings. The molecule has 2 fully saturated rings. The molecule has 26 heavy (non-hydrogen) atoms. The molecule has 0 atom stereocenters. The van der Waals surface area contributed by atoms with Gasteiger partial charge in [-0.15, -0.1) is 11.3 Å². The maximum Gasteiger partial charge on any atom is 0.146 e. The number of morpholine rings is 1. The van der Waals surface area contributed by atoms with Crippen molar-refractivity contribution in [2.45, 2.75) is 64.0 Å². The van der Waals surface area contributed by atoms with Crippen molar-refractivity contribution < 1.29 is 4.74 Å². The predicted octanol–water partition coefficient (Wildman–Crippen LogP) is 3.76. The SMILES string of the molecule is C1CCc2c(sc3nc(CN4CCOCC4)nc(NC4CCCC4)c23)C1. The Morgan fingerprint density at radius 3 is 2.69 bits per heavy atom. The quantitative estimate of drug-likeness (QED) is 0.886. The van der Waals surface area contributed by atoms with Crippen LogP contribution in [-0.4, -0.2) is 47.2 Å². The molecule has 5 rings (SSSR count). The Labute approximate surface area is 159 Å². The summed E-state index contributed by atoms with van der Waals surface area (Å²) in [5, 5.41) is 5.15. The van der Waals surface area contributed by atoms with Crippen LogP contribution in [0.4, 0.5) is 5.82 Å². The molecule has 3 heterocycles. The third kappa shape index (κ3) is 3.35. The first kappa shape index (κ1) is 16.9. The number of anilines is 1. The highest BCUT2D eigenvalue weighted by atomic mass is 32.1. The van der Waals surface area contributed by atoms with Gasteiger partial charge in [-0.2, -0.15) is 0 Å². The minimum Gasteiger partial charge on any atom is -0.379 e. The zero-order valence-corrected chi connectivity index (χ0v) is 16.2. The molecule has 1 saturated heterocycles. The molecule has 140 valence electrons. The third-order valence-corrected chi connectivity index (χ3v) is 7.21. The molecule has 0 amide bonds. The van der Waals surface area contributed by atoms with Gasteiger partial charge in [-0.3, -0.25) is 4.90 Å². The summed E-state index contributed by atoms with van der Waals surface area (Å²) in [5.41, 5.74) is 1.54. The molecule has 1 N–H and O–H groups in total. The fourth-order valence-electron chi connectivity index (χ4n) is 4.60. The summed E-state index contributed by atoms with van der Waals surface area (Å²) in [5.74, 6) is 2.09. The van der Waals surface area contributed by atoms with Crippen molar-refractivity contribution >= 4 is 27.4 Å². The monoisotopic (exact) mass is 372 g/mol. The highest BCUT2D eigenvalue weighted by molar-refractivity contribution is 7.19. The van der Waals surface area contributed by atoms with Gasteiger partial charge in [-0.05, 0) is 44.1 Å². The van der Waals surface area contributed by atoms with E-state index in [1.165, 1.54) is 67.1 Å². The van der Waals surface area contributed by atoms with Crippen LogP contribution in [0.2, 0.25) is 0 Å². The van der Waals surface area contributed by atoms with Gasteiger partial charge >= 0.3 is 0 Å². The van der Waals surface area contributed by atoms with Crippen molar-refractivity contribution in [1.29, 1.82) is 0 Å². The van der Waals surface area contributed by atoms with E-state index in [2.05, 4.69) is 10.2 Å². The smallest absolute Gasteiger partial charge is 0.146 e. The van der Waals surface area contributed by atoms with Gasteiger partial charge in [-0.25, -0.2) is 9.97 Å². The van der Waals surface area contributed by atoms with Gasteiger partial charge in [0.05, 0.1) is 25.1 Å². The molecular weight excluding hydrogens is 344 g/mol. The number of aromatic nitrogens is 2. The average molecular weight is 373 g/mol. The Morgan fingerprint density at radius 2 is 1.85 bits per heavy atom. The number of nitrogens with zero attached hydrogens (tertiary/aromatic N) is 3. The standard InChI is InChI=1S/C20H28N4OS/c1-2-6-14(5-1)21-19-18-15-7-3-4-8-16(15)26-20(18)23-17(22-19)13-24-9-11-25-12-10-24/h14H,1-13H2,(H,21,22,23). The molecule has 0 radical (unpaired) electrons. The number of hydrogen-bond donors (Lipinski definition) is 1. The minimum atomic E-state index is 0.587. The van der Waals surface area contributed by atoms with Gasteiger partial charge in [0, 0.05) is 24.0 Å². The van der Waals surface area contributed by atoms with Crippen molar-refractivity contribution in [2.75, 3.05) is 31.6 Å². The second-order valence-corrected chi connectivity index (χ2v) is 8.98. The van der Waals surface area contributed by atoms with Crippen LogP contribution in [0.3, 0.4) is 0 Å². The van der Waals surface area contributed by atoms with Crippen molar-refractivity contribution in [3.05, 3.63) is 16.3 Å². The summed E-state index contributed by atoms with van der Waals surface area (Å²) in [7, 11) is 0. The lowest BCUT2D eigenvalue weighted by atomic mass is 9.97. The number of ether oxygens (including phenoxy) is 1. The van der Waals surface area contributed by atoms with E-state index in [4.69, 9.17) is 14.7 Å². The molecule has 0 aromatic carbocycles. The van der Waals surface area contributed by atoms with Gasteiger partial charge in [0.1, 0.15) is 16.5 Å². The van der Waals surface area contributed by atoms with Gasteiger partial charge in [0.2, 0.25) is 0 Å². The minimum absolute atomic E-state index is 0.587. The number of rotatable bonds is 4. The second kappa shape index (κ2) is 7.41. The van der Waals surface area contributed by atoms with Crippen LogP contribution in [-0.2, 0) is 24.1 Å². The number of aryl methyl sites for hydroxylation is 2. The van der Waals surface area contributed by atoms with Crippen LogP contribution in [0.5, 0.6) is 0 Å². The van der Waals surface area contributed by atoms with Crippen molar-refractivity contribution in [2.24, 2.45) is 0 Å². The van der Waals surface area contributed by atoms with Gasteiger partial charge in [-0.1, -0.05) is 12.8 Å². The van der Waals surface area contributed by atoms with Crippen LogP contribution in [0.1, 0.15) is 54.8 Å². The van der Waals surface area contributed by atoms with Crippen LogP contribution < -0.4 is 5.32 Å². The Balaban J connectivity index is 1.51. The molecule has 6 heteroatoms. The molecule has 5 nitrogen and oxygen atoms in total. The zero-order chi connectivity index (χ0) is 17.3. The lowest BCUT2D eigenvalue weighted by molar-refractivity contribution is 0.0331. The summed E-state index contributed by atoms with van der Waals surface area (Å²) in [6.45, 7) is 4.44. The van der Waals surface area contributed by atoms with E-state index >= 15 is 0 Å². The fraction of sp³-hybridized carbons (Fsp3) is 0.700. The van der Waals surface area contributed by atoms with E-state index in [9.17, 15) is 0 Å². The van der Waals surface area contributed by atoms with Gasteiger partial charge in [0.25, 0.3) is 0 Å². The Kier molecular flexibility index (Phi) is 4.82. The lowest BCUT2D eigenvalue weighted by Crippen LogP contribution is -2.36. The predicted molar refractivity (Wildman–Crippen MR) is 106 cm³/mol. The largest absolute Gasteiger partial charge is 0.379 e. The van der Waals surface area contributed by atoms with E-state index in [1.54, 1.807) is 4.88 Å².